The third-order valence-electron chi connectivity index (χ3n) is 9.49. The summed E-state index contributed by atoms with van der Waals surface area (Å²) in [6, 6.07) is 3.63. The Bertz CT molecular complexity index is 1560. The maximum absolute atomic E-state index is 13.3. The van der Waals surface area contributed by atoms with E-state index in [1.807, 2.05) is 41.6 Å². The van der Waals surface area contributed by atoms with Crippen LogP contribution in [0.1, 0.15) is 67.8 Å². The number of methoxy groups -OCH3 is 1. The van der Waals surface area contributed by atoms with Crippen molar-refractivity contribution in [2.45, 2.75) is 58.8 Å². The maximum atomic E-state index is 13.3. The first kappa shape index (κ1) is 25.5. The van der Waals surface area contributed by atoms with Crippen LogP contribution in [0.3, 0.4) is 0 Å². The number of nitrogens with zero attached hydrogens (tertiary/aromatic N) is 6. The van der Waals surface area contributed by atoms with E-state index < -0.39 is 5.97 Å². The van der Waals surface area contributed by atoms with Gasteiger partial charge in [0.05, 0.1) is 36.6 Å². The summed E-state index contributed by atoms with van der Waals surface area (Å²) in [4.78, 5) is 19.8. The van der Waals surface area contributed by atoms with Crippen molar-refractivity contribution in [2.24, 2.45) is 23.2 Å². The van der Waals surface area contributed by atoms with E-state index in [4.69, 9.17) is 16.3 Å². The molecule has 0 aromatic carbocycles. The molecule has 208 valence electrons. The summed E-state index contributed by atoms with van der Waals surface area (Å²) in [6.07, 6.45) is 16.0. The van der Waals surface area contributed by atoms with Crippen molar-refractivity contribution in [3.63, 3.8) is 0 Å². The molecular formula is C30H33ClN6O3. The largest absolute Gasteiger partial charge is 0.465 e. The van der Waals surface area contributed by atoms with Gasteiger partial charge in [-0.3, -0.25) is 9.61 Å². The molecule has 1 aliphatic heterocycles. The Hall–Kier alpha value is -3.43. The van der Waals surface area contributed by atoms with Crippen molar-refractivity contribution in [3.05, 3.63) is 64.6 Å². The summed E-state index contributed by atoms with van der Waals surface area (Å²) >= 11 is 6.03. The Morgan fingerprint density at radius 1 is 1.12 bits per heavy atom. The van der Waals surface area contributed by atoms with E-state index in [-0.39, 0.29) is 5.41 Å². The van der Waals surface area contributed by atoms with Crippen molar-refractivity contribution in [2.75, 3.05) is 12.0 Å². The molecule has 4 saturated carbocycles. The van der Waals surface area contributed by atoms with Gasteiger partial charge in [-0.1, -0.05) is 11.6 Å². The minimum Gasteiger partial charge on any atom is -0.465 e. The zero-order valence-corrected chi connectivity index (χ0v) is 23.7. The number of fused-ring (bicyclic) bond motifs is 1. The quantitative estimate of drug-likeness (QED) is 0.360. The van der Waals surface area contributed by atoms with Crippen LogP contribution in [-0.2, 0) is 4.74 Å². The van der Waals surface area contributed by atoms with Crippen LogP contribution in [0.5, 0.6) is 0 Å². The number of hydrogen-bond donors (Lipinski definition) is 1. The van der Waals surface area contributed by atoms with E-state index in [0.29, 0.717) is 33.4 Å². The van der Waals surface area contributed by atoms with Crippen LogP contribution in [0.4, 0.5) is 5.69 Å². The second-order valence-corrected chi connectivity index (χ2v) is 12.7. The third kappa shape index (κ3) is 4.09. The number of carbonyl (C=O) groups is 1. The number of hydroxylamine groups is 2. The first-order valence-corrected chi connectivity index (χ1v) is 14.4. The molecule has 4 bridgehead atoms. The molecule has 4 heterocycles. The number of esters is 1. The molecule has 10 heteroatoms. The number of aromatic nitrogens is 4. The van der Waals surface area contributed by atoms with Gasteiger partial charge >= 0.3 is 5.97 Å². The van der Waals surface area contributed by atoms with Crippen LogP contribution in [0.15, 0.2) is 48.3 Å². The predicted molar refractivity (Wildman–Crippen MR) is 150 cm³/mol. The smallest absolute Gasteiger partial charge is 0.343 e. The highest BCUT2D eigenvalue weighted by Gasteiger charge is 2.51. The molecule has 0 spiro atoms. The summed E-state index contributed by atoms with van der Waals surface area (Å²) in [5.74, 6) is 1.99. The number of imidazole rings is 1. The summed E-state index contributed by atoms with van der Waals surface area (Å²) < 4.78 is 7.06. The molecule has 0 radical (unpaired) electrons. The van der Waals surface area contributed by atoms with Gasteiger partial charge in [0, 0.05) is 18.1 Å². The summed E-state index contributed by atoms with van der Waals surface area (Å²) in [7, 11) is 1.37. The molecule has 0 amide bonds. The van der Waals surface area contributed by atoms with Crippen LogP contribution in [0.25, 0.3) is 17.0 Å². The number of rotatable bonds is 5. The van der Waals surface area contributed by atoms with E-state index in [2.05, 4.69) is 15.2 Å². The van der Waals surface area contributed by atoms with E-state index in [1.54, 1.807) is 18.5 Å². The molecule has 3 aromatic rings. The standard InChI is InChI=1S/C30H33ClN6O3/c1-17-6-25(31)33-34-27(17)24-14-32-28-26(29(38)40-3)23(4-5-35(24)28)36-16-22(37(39)15-18(36)2)13-30-10-19-7-20(11-30)9-21(8-19)12-30/h4-6,14-16,19-21,39H,7-13H2,1-3H3. The van der Waals surface area contributed by atoms with Crippen LogP contribution >= 0.6 is 11.6 Å². The van der Waals surface area contributed by atoms with Gasteiger partial charge in [-0.05, 0) is 99.7 Å². The number of allylic oxidation sites excluding steroid dienone is 2. The van der Waals surface area contributed by atoms with Crippen molar-refractivity contribution in [1.82, 2.24) is 24.6 Å². The molecule has 4 aliphatic carbocycles. The van der Waals surface area contributed by atoms with Gasteiger partial charge in [-0.15, -0.1) is 10.2 Å². The molecule has 4 fully saturated rings. The van der Waals surface area contributed by atoms with E-state index in [1.165, 1.54) is 50.7 Å². The lowest BCUT2D eigenvalue weighted by atomic mass is 9.48. The lowest BCUT2D eigenvalue weighted by Crippen LogP contribution is -2.47. The molecule has 0 unspecified atom stereocenters. The number of anilines is 1. The number of ether oxygens (including phenoxy) is 1. The molecule has 40 heavy (non-hydrogen) atoms. The fraction of sp³-hybridized carbons (Fsp3) is 0.467. The van der Waals surface area contributed by atoms with Crippen molar-refractivity contribution in [3.8, 4) is 11.4 Å². The Kier molecular flexibility index (Phi) is 5.94. The number of aryl methyl sites for hydroxylation is 1. The highest BCUT2D eigenvalue weighted by molar-refractivity contribution is 6.29. The van der Waals surface area contributed by atoms with Gasteiger partial charge < -0.3 is 9.64 Å². The van der Waals surface area contributed by atoms with Gasteiger partial charge in [0.2, 0.25) is 0 Å². The van der Waals surface area contributed by atoms with E-state index in [9.17, 15) is 10.0 Å². The molecule has 0 atom stereocenters. The molecule has 9 nitrogen and oxygen atoms in total. The summed E-state index contributed by atoms with van der Waals surface area (Å²) in [5.41, 5.74) is 5.46. The second-order valence-electron chi connectivity index (χ2n) is 12.3. The van der Waals surface area contributed by atoms with Gasteiger partial charge in [0.25, 0.3) is 0 Å². The minimum atomic E-state index is -0.494. The Balaban J connectivity index is 1.30. The van der Waals surface area contributed by atoms with Crippen molar-refractivity contribution in [1.29, 1.82) is 0 Å². The Morgan fingerprint density at radius 3 is 2.48 bits per heavy atom. The molecule has 0 saturated heterocycles. The first-order valence-electron chi connectivity index (χ1n) is 14.0. The summed E-state index contributed by atoms with van der Waals surface area (Å²) in [5, 5.41) is 20.9. The van der Waals surface area contributed by atoms with Crippen molar-refractivity contribution >= 4 is 28.9 Å². The van der Waals surface area contributed by atoms with Crippen molar-refractivity contribution < 1.29 is 14.7 Å². The normalized spacial score (nSPS) is 27.3. The Labute approximate surface area is 238 Å². The van der Waals surface area contributed by atoms with Gasteiger partial charge in [0.15, 0.2) is 10.8 Å². The number of hydrogen-bond acceptors (Lipinski definition) is 8. The zero-order valence-electron chi connectivity index (χ0n) is 23.0. The van der Waals surface area contributed by atoms with Crippen LogP contribution < -0.4 is 4.90 Å². The number of pyridine rings is 1. The fourth-order valence-corrected chi connectivity index (χ4v) is 8.53. The van der Waals surface area contributed by atoms with Gasteiger partial charge in [-0.25, -0.2) is 14.8 Å². The lowest BCUT2D eigenvalue weighted by Gasteiger charge is -2.57. The van der Waals surface area contributed by atoms with E-state index in [0.717, 1.165) is 41.1 Å². The number of carbonyl (C=O) groups excluding carboxylic acids is 1. The van der Waals surface area contributed by atoms with Crippen LogP contribution in [0.2, 0.25) is 5.15 Å². The van der Waals surface area contributed by atoms with Gasteiger partial charge in [0.1, 0.15) is 11.3 Å². The first-order chi connectivity index (χ1) is 19.2. The number of halogens is 1. The molecule has 1 N–H and O–H groups in total. The zero-order chi connectivity index (χ0) is 27.8. The average molecular weight is 561 g/mol. The predicted octanol–water partition coefficient (Wildman–Crippen LogP) is 6.36. The van der Waals surface area contributed by atoms with E-state index >= 15 is 0 Å². The fourth-order valence-electron chi connectivity index (χ4n) is 8.33. The minimum absolute atomic E-state index is 0.247. The lowest BCUT2D eigenvalue weighted by molar-refractivity contribution is -0.0707. The monoisotopic (exact) mass is 560 g/mol. The maximum Gasteiger partial charge on any atom is 0.343 e. The molecular weight excluding hydrogens is 528 g/mol. The highest BCUT2D eigenvalue weighted by atomic mass is 35.5. The van der Waals surface area contributed by atoms with Crippen LogP contribution in [-0.4, -0.2) is 42.9 Å². The molecule has 5 aliphatic rings. The summed E-state index contributed by atoms with van der Waals surface area (Å²) in [6.45, 7) is 3.82. The average Bonchev–Trinajstić information content (AvgIpc) is 3.32. The molecule has 3 aromatic heterocycles. The Morgan fingerprint density at radius 2 is 1.82 bits per heavy atom. The second kappa shape index (κ2) is 9.31. The topological polar surface area (TPSA) is 96.1 Å². The van der Waals surface area contributed by atoms with Crippen LogP contribution in [0, 0.1) is 30.1 Å². The van der Waals surface area contributed by atoms with Gasteiger partial charge in [-0.2, -0.15) is 0 Å². The highest BCUT2D eigenvalue weighted by Crippen LogP contribution is 2.62. The third-order valence-corrected chi connectivity index (χ3v) is 9.67. The molecule has 8 rings (SSSR count). The SMILES string of the molecule is COC(=O)c1c(N2C=C(CC34CC5CC(CC(C5)C3)C4)N(O)C=C2C)ccn2c(-c3nnc(Cl)cc3C)cnc12.